The minimum absolute atomic E-state index is 0.0403. The number of carbonyl (C=O) groups excluding carboxylic acids is 1. The molecule has 0 fully saturated rings. The van der Waals surface area contributed by atoms with Gasteiger partial charge in [-0.25, -0.2) is 13.2 Å². The summed E-state index contributed by atoms with van der Waals surface area (Å²) in [6.07, 6.45) is 1.49. The van der Waals surface area contributed by atoms with Crippen LogP contribution in [0.1, 0.15) is 41.0 Å². The van der Waals surface area contributed by atoms with Gasteiger partial charge in [-0.15, -0.1) is 0 Å². The van der Waals surface area contributed by atoms with E-state index in [0.717, 1.165) is 0 Å². The lowest BCUT2D eigenvalue weighted by atomic mass is 10.0. The molecule has 0 heterocycles. The fourth-order valence-corrected chi connectivity index (χ4v) is 2.68. The molecule has 8 nitrogen and oxygen atoms in total. The van der Waals surface area contributed by atoms with Crippen LogP contribution < -0.4 is 10.6 Å². The quantitative estimate of drug-likeness (QED) is 0.479. The molecule has 0 bridgehead atoms. The van der Waals surface area contributed by atoms with Crippen LogP contribution in [0.2, 0.25) is 0 Å². The summed E-state index contributed by atoms with van der Waals surface area (Å²) in [7, 11) is 0.510. The third-order valence-electron chi connectivity index (χ3n) is 3.61. The number of alkyl carbamates (subject to hydrolysis) is 1. The zero-order valence-corrected chi connectivity index (χ0v) is 18.2. The van der Waals surface area contributed by atoms with E-state index >= 15 is 0 Å². The van der Waals surface area contributed by atoms with Crippen molar-refractivity contribution in [2.24, 2.45) is 10.9 Å². The first-order valence-corrected chi connectivity index (χ1v) is 10.9. The second-order valence-electron chi connectivity index (χ2n) is 7.81. The Morgan fingerprint density at radius 1 is 1.27 bits per heavy atom. The van der Waals surface area contributed by atoms with E-state index in [1.807, 2.05) is 46.6 Å². The molecule has 0 aromatic rings. The molecule has 9 heteroatoms. The largest absolute Gasteiger partial charge is 0.444 e. The van der Waals surface area contributed by atoms with Gasteiger partial charge in [0.1, 0.15) is 15.4 Å². The molecule has 1 amide bonds. The van der Waals surface area contributed by atoms with E-state index in [9.17, 15) is 13.2 Å². The van der Waals surface area contributed by atoms with Gasteiger partial charge >= 0.3 is 6.09 Å². The average Bonchev–Trinajstić information content (AvgIpc) is 2.44. The summed E-state index contributed by atoms with van der Waals surface area (Å²) in [5.41, 5.74) is -0.534. The highest BCUT2D eigenvalue weighted by Crippen LogP contribution is 2.11. The Morgan fingerprint density at radius 3 is 2.27 bits per heavy atom. The molecule has 0 saturated heterocycles. The van der Waals surface area contributed by atoms with E-state index in [0.29, 0.717) is 25.5 Å². The Hall–Kier alpha value is -1.51. The van der Waals surface area contributed by atoms with Crippen molar-refractivity contribution in [1.29, 1.82) is 0 Å². The molecule has 0 spiro atoms. The number of hydrogen-bond acceptors (Lipinski definition) is 5. The average molecular weight is 393 g/mol. The highest BCUT2D eigenvalue weighted by Gasteiger charge is 2.22. The predicted molar refractivity (Wildman–Crippen MR) is 106 cm³/mol. The molecule has 2 N–H and O–H groups in total. The summed E-state index contributed by atoms with van der Waals surface area (Å²) in [5.74, 6) is 0.916. The van der Waals surface area contributed by atoms with Gasteiger partial charge in [0.15, 0.2) is 5.96 Å². The van der Waals surface area contributed by atoms with Crippen LogP contribution in [0, 0.1) is 5.92 Å². The number of ether oxygens (including phenoxy) is 1. The first kappa shape index (κ1) is 24.5. The van der Waals surface area contributed by atoms with Crippen LogP contribution in [0.25, 0.3) is 0 Å². The molecule has 0 saturated carbocycles. The zero-order chi connectivity index (χ0) is 20.5. The molecular formula is C17H36N4O4S. The number of amides is 1. The zero-order valence-electron chi connectivity index (χ0n) is 17.4. The smallest absolute Gasteiger partial charge is 0.407 e. The molecule has 0 aliphatic carbocycles. The lowest BCUT2D eigenvalue weighted by Crippen LogP contribution is -2.46. The molecule has 0 rings (SSSR count). The van der Waals surface area contributed by atoms with Crippen molar-refractivity contribution in [3.63, 3.8) is 0 Å². The van der Waals surface area contributed by atoms with E-state index in [2.05, 4.69) is 15.6 Å². The third-order valence-corrected chi connectivity index (χ3v) is 4.56. The second kappa shape index (κ2) is 10.6. The van der Waals surface area contributed by atoms with Crippen LogP contribution in [-0.2, 0) is 14.6 Å². The molecule has 1 unspecified atom stereocenters. The Labute approximate surface area is 158 Å². The SMILES string of the molecule is CN=C(NCCS(C)(=O)=O)N(C)CCC(NC(=O)OC(C)(C)C)C(C)C. The number of carbonyl (C=O) groups is 1. The van der Waals surface area contributed by atoms with Gasteiger partial charge in [-0.2, -0.15) is 0 Å². The van der Waals surface area contributed by atoms with Gasteiger partial charge in [-0.1, -0.05) is 13.8 Å². The Morgan fingerprint density at radius 2 is 1.85 bits per heavy atom. The first-order chi connectivity index (χ1) is 11.7. The minimum atomic E-state index is -3.02. The second-order valence-corrected chi connectivity index (χ2v) is 10.1. The highest BCUT2D eigenvalue weighted by molar-refractivity contribution is 7.90. The van der Waals surface area contributed by atoms with Gasteiger partial charge in [0.25, 0.3) is 0 Å². The van der Waals surface area contributed by atoms with Crippen LogP contribution in [0.4, 0.5) is 4.79 Å². The van der Waals surface area contributed by atoms with Gasteiger partial charge < -0.3 is 20.3 Å². The number of sulfone groups is 1. The van der Waals surface area contributed by atoms with Crippen molar-refractivity contribution < 1.29 is 17.9 Å². The molecule has 26 heavy (non-hydrogen) atoms. The normalized spacial score (nSPS) is 14.1. The van der Waals surface area contributed by atoms with E-state index in [1.54, 1.807) is 7.05 Å². The van der Waals surface area contributed by atoms with Crippen LogP contribution >= 0.6 is 0 Å². The number of aliphatic imine (C=N–C) groups is 1. The van der Waals surface area contributed by atoms with E-state index in [-0.39, 0.29) is 17.7 Å². The first-order valence-electron chi connectivity index (χ1n) is 8.84. The molecule has 0 radical (unpaired) electrons. The Kier molecular flexibility index (Phi) is 9.98. The van der Waals surface area contributed by atoms with Gasteiger partial charge in [0, 0.05) is 39.5 Å². The van der Waals surface area contributed by atoms with Gasteiger partial charge in [-0.05, 0) is 33.1 Å². The number of guanidine groups is 1. The molecule has 0 aromatic carbocycles. The highest BCUT2D eigenvalue weighted by atomic mass is 32.2. The lowest BCUT2D eigenvalue weighted by molar-refractivity contribution is 0.0486. The molecule has 0 aliphatic rings. The van der Waals surface area contributed by atoms with Gasteiger partial charge in [-0.3, -0.25) is 4.99 Å². The Bertz CT molecular complexity index is 568. The number of rotatable bonds is 8. The third kappa shape index (κ3) is 11.9. The van der Waals surface area contributed by atoms with Crippen LogP contribution in [0.3, 0.4) is 0 Å². The number of nitrogens with one attached hydrogen (secondary N) is 2. The molecule has 154 valence electrons. The van der Waals surface area contributed by atoms with Crippen molar-refractivity contribution in [1.82, 2.24) is 15.5 Å². The van der Waals surface area contributed by atoms with Crippen molar-refractivity contribution in [3.8, 4) is 0 Å². The van der Waals surface area contributed by atoms with Crippen molar-refractivity contribution in [2.75, 3.05) is 39.2 Å². The summed E-state index contributed by atoms with van der Waals surface area (Å²) in [6, 6.07) is -0.0403. The van der Waals surface area contributed by atoms with Crippen molar-refractivity contribution in [2.45, 2.75) is 52.7 Å². The minimum Gasteiger partial charge on any atom is -0.444 e. The van der Waals surface area contributed by atoms with Crippen LogP contribution in [-0.4, -0.2) is 76.2 Å². The fourth-order valence-electron chi connectivity index (χ4n) is 2.20. The molecular weight excluding hydrogens is 356 g/mol. The van der Waals surface area contributed by atoms with Crippen molar-refractivity contribution >= 4 is 21.9 Å². The topological polar surface area (TPSA) is 100 Å². The summed E-state index contributed by atoms with van der Waals surface area (Å²) < 4.78 is 27.8. The maximum absolute atomic E-state index is 12.0. The van der Waals surface area contributed by atoms with Gasteiger partial charge in [0.05, 0.1) is 5.75 Å². The maximum Gasteiger partial charge on any atom is 0.407 e. The fraction of sp³-hybridized carbons (Fsp3) is 0.882. The summed E-state index contributed by atoms with van der Waals surface area (Å²) in [5, 5.41) is 5.96. The monoisotopic (exact) mass is 392 g/mol. The van der Waals surface area contributed by atoms with E-state index in [4.69, 9.17) is 4.74 Å². The maximum atomic E-state index is 12.0. The summed E-state index contributed by atoms with van der Waals surface area (Å²) >= 11 is 0. The molecule has 0 aromatic heterocycles. The standard InChI is InChI=1S/C17H36N4O4S/c1-13(2)14(20-16(22)25-17(3,4)5)9-11-21(7)15(18-6)19-10-12-26(8,23)24/h13-14H,9-12H2,1-8H3,(H,18,19)(H,20,22). The van der Waals surface area contributed by atoms with Gasteiger partial charge in [0.2, 0.25) is 0 Å². The van der Waals surface area contributed by atoms with Crippen molar-refractivity contribution in [3.05, 3.63) is 0 Å². The number of nitrogens with zero attached hydrogens (tertiary/aromatic N) is 2. The van der Waals surface area contributed by atoms with Crippen LogP contribution in [0.5, 0.6) is 0 Å². The molecule has 1 atom stereocenters. The Balaban J connectivity index is 4.59. The lowest BCUT2D eigenvalue weighted by Gasteiger charge is -2.28. The van der Waals surface area contributed by atoms with Crippen LogP contribution in [0.15, 0.2) is 4.99 Å². The predicted octanol–water partition coefficient (Wildman–Crippen LogP) is 1.48. The summed E-state index contributed by atoms with van der Waals surface area (Å²) in [4.78, 5) is 18.1. The number of hydrogen-bond donors (Lipinski definition) is 2. The summed E-state index contributed by atoms with van der Waals surface area (Å²) in [6.45, 7) is 10.5. The van der Waals surface area contributed by atoms with E-state index in [1.165, 1.54) is 6.26 Å². The van der Waals surface area contributed by atoms with E-state index < -0.39 is 21.5 Å². The molecule has 0 aliphatic heterocycles.